The highest BCUT2D eigenvalue weighted by atomic mass is 19.4. The van der Waals surface area contributed by atoms with Gasteiger partial charge in [-0.2, -0.15) is 39.5 Å². The van der Waals surface area contributed by atoms with Gasteiger partial charge in [0.05, 0.1) is 11.1 Å². The van der Waals surface area contributed by atoms with E-state index < -0.39 is 41.3 Å². The van der Waals surface area contributed by atoms with Gasteiger partial charge in [-0.3, -0.25) is 0 Å². The molecule has 0 spiro atoms. The predicted molar refractivity (Wildman–Crippen MR) is 51.5 cm³/mol. The summed E-state index contributed by atoms with van der Waals surface area (Å²) in [5.41, 5.74) is -4.19. The molecule has 0 aliphatic carbocycles. The molecule has 0 saturated carbocycles. The van der Waals surface area contributed by atoms with Gasteiger partial charge in [-0.15, -0.1) is 0 Å². The highest BCUT2D eigenvalue weighted by Gasteiger charge is 2.36. The molecule has 0 aromatic heterocycles. The number of hydrogen-bond donors (Lipinski definition) is 0. The minimum atomic E-state index is -5.10. The zero-order chi connectivity index (χ0) is 15.8. The number of hydrogen-bond acceptors (Lipinski definition) is 0. The Kier molecular flexibility index (Phi) is 4.12. The summed E-state index contributed by atoms with van der Waals surface area (Å²) in [7, 11) is 0. The number of rotatable bonds is 1. The van der Waals surface area contributed by atoms with Gasteiger partial charge in [-0.1, -0.05) is 6.08 Å². The summed E-state index contributed by atoms with van der Waals surface area (Å²) in [6.07, 6.45) is -15.3. The van der Waals surface area contributed by atoms with Gasteiger partial charge >= 0.3 is 18.5 Å². The molecule has 0 aliphatic heterocycles. The van der Waals surface area contributed by atoms with Crippen molar-refractivity contribution in [2.75, 3.05) is 0 Å². The van der Waals surface area contributed by atoms with Crippen molar-refractivity contribution in [2.24, 2.45) is 0 Å². The number of halogens is 9. The van der Waals surface area contributed by atoms with Crippen LogP contribution in [0.25, 0.3) is 6.08 Å². The highest BCUT2D eigenvalue weighted by Crippen LogP contribution is 2.36. The number of allylic oxidation sites excluding steroid dienone is 1. The van der Waals surface area contributed by atoms with Crippen LogP contribution in [0.1, 0.15) is 16.7 Å². The van der Waals surface area contributed by atoms with Crippen LogP contribution in [-0.2, 0) is 12.4 Å². The normalized spacial score (nSPS) is 14.1. The third-order valence-corrected chi connectivity index (χ3v) is 2.07. The van der Waals surface area contributed by atoms with Gasteiger partial charge in [0, 0.05) is 6.08 Å². The lowest BCUT2D eigenvalue weighted by atomic mass is 10.0. The van der Waals surface area contributed by atoms with Gasteiger partial charge in [0.15, 0.2) is 0 Å². The van der Waals surface area contributed by atoms with Crippen molar-refractivity contribution < 1.29 is 39.5 Å². The van der Waals surface area contributed by atoms with Gasteiger partial charge < -0.3 is 0 Å². The molecule has 0 aliphatic rings. The van der Waals surface area contributed by atoms with E-state index in [0.717, 1.165) is 0 Å². The predicted octanol–water partition coefficient (Wildman–Crippen LogP) is 5.30. The highest BCUT2D eigenvalue weighted by molar-refractivity contribution is 5.53. The van der Waals surface area contributed by atoms with Gasteiger partial charge in [0.1, 0.15) is 0 Å². The summed E-state index contributed by atoms with van der Waals surface area (Å²) in [6.45, 7) is 0. The Bertz CT molecular complexity index is 470. The van der Waals surface area contributed by atoms with Crippen LogP contribution in [0.5, 0.6) is 0 Å². The zero-order valence-electron chi connectivity index (χ0n) is 9.29. The number of alkyl halides is 9. The Morgan fingerprint density at radius 3 is 1.35 bits per heavy atom. The lowest BCUT2D eigenvalue weighted by molar-refractivity contribution is -0.143. The van der Waals surface area contributed by atoms with Crippen LogP contribution in [0.2, 0.25) is 0 Å². The van der Waals surface area contributed by atoms with Gasteiger partial charge in [-0.25, -0.2) is 0 Å². The molecule has 0 bridgehead atoms. The molecule has 0 atom stereocenters. The maximum atomic E-state index is 12.4. The Morgan fingerprint density at radius 1 is 0.650 bits per heavy atom. The molecule has 0 radical (unpaired) electrons. The zero-order valence-corrected chi connectivity index (χ0v) is 9.29. The van der Waals surface area contributed by atoms with Crippen LogP contribution in [0.15, 0.2) is 24.3 Å². The molecule has 20 heavy (non-hydrogen) atoms. The van der Waals surface area contributed by atoms with Crippen LogP contribution in [-0.4, -0.2) is 6.18 Å². The van der Waals surface area contributed by atoms with Crippen molar-refractivity contribution in [2.45, 2.75) is 18.5 Å². The van der Waals surface area contributed by atoms with Crippen LogP contribution in [0.4, 0.5) is 39.5 Å². The maximum Gasteiger partial charge on any atom is 0.416 e. The summed E-state index contributed by atoms with van der Waals surface area (Å²) < 4.78 is 110. The standard InChI is InChI=1S/C11H5F9/c12-9(13,14)2-1-6-3-7(10(15,16)17)5-8(4-6)11(18,19)20/h1-5H. The molecule has 0 nitrogen and oxygen atoms in total. The molecular weight excluding hydrogens is 303 g/mol. The fraction of sp³-hybridized carbons (Fsp3) is 0.273. The summed E-state index contributed by atoms with van der Waals surface area (Å²) in [5, 5.41) is 0. The van der Waals surface area contributed by atoms with Crippen molar-refractivity contribution in [1.29, 1.82) is 0 Å². The molecule has 1 aromatic carbocycles. The lowest BCUT2D eigenvalue weighted by Crippen LogP contribution is -2.11. The van der Waals surface area contributed by atoms with E-state index in [9.17, 15) is 39.5 Å². The van der Waals surface area contributed by atoms with Crippen molar-refractivity contribution in [3.05, 3.63) is 41.0 Å². The molecule has 0 N–H and O–H groups in total. The first-order valence-electron chi connectivity index (χ1n) is 4.84. The van der Waals surface area contributed by atoms with Crippen molar-refractivity contribution in [3.63, 3.8) is 0 Å². The Morgan fingerprint density at radius 2 is 1.05 bits per heavy atom. The molecule has 0 saturated heterocycles. The molecule has 1 rings (SSSR count). The lowest BCUT2D eigenvalue weighted by Gasteiger charge is -2.13. The number of benzene rings is 1. The largest absolute Gasteiger partial charge is 0.416 e. The Balaban J connectivity index is 3.35. The second-order valence-corrected chi connectivity index (χ2v) is 3.71. The van der Waals surface area contributed by atoms with E-state index in [-0.39, 0.29) is 24.3 Å². The summed E-state index contributed by atoms with van der Waals surface area (Å²) in [6, 6.07) is 0.250. The van der Waals surface area contributed by atoms with E-state index in [1.165, 1.54) is 0 Å². The second-order valence-electron chi connectivity index (χ2n) is 3.71. The average Bonchev–Trinajstić information content (AvgIpc) is 2.22. The first-order chi connectivity index (χ1) is 8.79. The van der Waals surface area contributed by atoms with Crippen LogP contribution < -0.4 is 0 Å². The van der Waals surface area contributed by atoms with Crippen molar-refractivity contribution in [3.8, 4) is 0 Å². The van der Waals surface area contributed by atoms with Gasteiger partial charge in [-0.05, 0) is 23.8 Å². The van der Waals surface area contributed by atoms with Crippen LogP contribution >= 0.6 is 0 Å². The van der Waals surface area contributed by atoms with Crippen LogP contribution in [0, 0.1) is 0 Å². The molecule has 0 amide bonds. The first kappa shape index (κ1) is 16.4. The monoisotopic (exact) mass is 308 g/mol. The van der Waals surface area contributed by atoms with Crippen LogP contribution in [0.3, 0.4) is 0 Å². The molecule has 9 heteroatoms. The van der Waals surface area contributed by atoms with Gasteiger partial charge in [0.2, 0.25) is 0 Å². The fourth-order valence-corrected chi connectivity index (χ4v) is 1.27. The van der Waals surface area contributed by atoms with E-state index in [2.05, 4.69) is 0 Å². The Hall–Kier alpha value is -1.67. The smallest absolute Gasteiger partial charge is 0.167 e. The minimum absolute atomic E-state index is 0.143. The molecule has 0 fully saturated rings. The average molecular weight is 308 g/mol. The summed E-state index contributed by atoms with van der Waals surface area (Å²) >= 11 is 0. The Labute approximate surface area is 106 Å². The molecule has 112 valence electrons. The van der Waals surface area contributed by atoms with Gasteiger partial charge in [0.25, 0.3) is 0 Å². The topological polar surface area (TPSA) is 0 Å². The minimum Gasteiger partial charge on any atom is -0.167 e. The quantitative estimate of drug-likeness (QED) is 0.618. The van der Waals surface area contributed by atoms with Crippen molar-refractivity contribution >= 4 is 6.08 Å². The molecule has 0 unspecified atom stereocenters. The van der Waals surface area contributed by atoms with E-state index in [4.69, 9.17) is 0 Å². The third-order valence-electron chi connectivity index (χ3n) is 2.07. The maximum absolute atomic E-state index is 12.4. The molecule has 0 heterocycles. The third kappa shape index (κ3) is 4.78. The SMILES string of the molecule is FC(F)(F)C=Cc1cc(C(F)(F)F)cc(C(F)(F)F)c1. The second kappa shape index (κ2) is 5.02. The van der Waals surface area contributed by atoms with E-state index in [0.29, 0.717) is 0 Å². The summed E-state index contributed by atoms with van der Waals surface area (Å²) in [4.78, 5) is 0. The molecular formula is C11H5F9. The van der Waals surface area contributed by atoms with E-state index >= 15 is 0 Å². The van der Waals surface area contributed by atoms with E-state index in [1.807, 2.05) is 0 Å². The van der Waals surface area contributed by atoms with E-state index in [1.54, 1.807) is 0 Å². The fourth-order valence-electron chi connectivity index (χ4n) is 1.27. The first-order valence-corrected chi connectivity index (χ1v) is 4.84. The molecule has 1 aromatic rings. The summed E-state index contributed by atoms with van der Waals surface area (Å²) in [5.74, 6) is 0. The van der Waals surface area contributed by atoms with Crippen molar-refractivity contribution in [1.82, 2.24) is 0 Å².